The zero-order valence-corrected chi connectivity index (χ0v) is 15.9. The summed E-state index contributed by atoms with van der Waals surface area (Å²) >= 11 is 1.43. The Balaban J connectivity index is 1.36. The van der Waals surface area contributed by atoms with Crippen LogP contribution in [-0.4, -0.2) is 43.0 Å². The number of anilines is 2. The summed E-state index contributed by atoms with van der Waals surface area (Å²) in [7, 11) is 0. The van der Waals surface area contributed by atoms with Crippen molar-refractivity contribution in [3.05, 3.63) is 35.3 Å². The quantitative estimate of drug-likeness (QED) is 0.805. The van der Waals surface area contributed by atoms with Gasteiger partial charge in [-0.25, -0.2) is 4.98 Å². The average molecular weight is 387 g/mol. The number of ether oxygens (including phenoxy) is 1. The lowest BCUT2D eigenvalue weighted by Crippen LogP contribution is -3.11. The molecule has 2 N–H and O–H groups in total. The number of rotatable bonds is 5. The van der Waals surface area contributed by atoms with Crippen LogP contribution in [-0.2, 0) is 16.1 Å². The van der Waals surface area contributed by atoms with Crippen LogP contribution >= 0.6 is 11.3 Å². The Kier molecular flexibility index (Phi) is 5.35. The van der Waals surface area contributed by atoms with Gasteiger partial charge in [0.15, 0.2) is 11.7 Å². The highest BCUT2D eigenvalue weighted by Gasteiger charge is 2.27. The summed E-state index contributed by atoms with van der Waals surface area (Å²) in [6.07, 6.45) is 3.88. The average Bonchev–Trinajstić information content (AvgIpc) is 3.11. The van der Waals surface area contributed by atoms with Gasteiger partial charge in [0, 0.05) is 5.38 Å². The van der Waals surface area contributed by atoms with E-state index < -0.39 is 0 Å². The minimum Gasteiger partial charge on any atom is -0.482 e. The number of fused-ring (bicyclic) bond motifs is 1. The maximum atomic E-state index is 12.5. The summed E-state index contributed by atoms with van der Waals surface area (Å²) in [4.78, 5) is 32.2. The van der Waals surface area contributed by atoms with Gasteiger partial charge in [0.1, 0.15) is 24.5 Å². The SMILES string of the molecule is O=C(CN1C(=O)COc2ccccc21)Nc1nc(C[NH+]2CCCCC2)cs1. The molecule has 8 heteroatoms. The topological polar surface area (TPSA) is 76.0 Å². The molecule has 0 saturated carbocycles. The third kappa shape index (κ3) is 4.28. The summed E-state index contributed by atoms with van der Waals surface area (Å²) in [6, 6.07) is 7.24. The molecule has 0 bridgehead atoms. The van der Waals surface area contributed by atoms with Crippen LogP contribution in [0.4, 0.5) is 10.8 Å². The first kappa shape index (κ1) is 17.9. The predicted octanol–water partition coefficient (Wildman–Crippen LogP) is 1.08. The molecule has 3 heterocycles. The zero-order valence-electron chi connectivity index (χ0n) is 15.1. The molecule has 0 unspecified atom stereocenters. The Morgan fingerprint density at radius 3 is 2.93 bits per heavy atom. The van der Waals surface area contributed by atoms with Crippen molar-refractivity contribution in [3.8, 4) is 5.75 Å². The number of para-hydroxylation sites is 2. The van der Waals surface area contributed by atoms with Crippen molar-refractivity contribution in [3.63, 3.8) is 0 Å². The van der Waals surface area contributed by atoms with Crippen molar-refractivity contribution in [1.82, 2.24) is 4.98 Å². The molecule has 2 aliphatic rings. The Morgan fingerprint density at radius 2 is 2.07 bits per heavy atom. The molecule has 142 valence electrons. The maximum absolute atomic E-state index is 12.5. The molecule has 0 aliphatic carbocycles. The van der Waals surface area contributed by atoms with Gasteiger partial charge < -0.3 is 15.0 Å². The van der Waals surface area contributed by atoms with Crippen LogP contribution in [0.5, 0.6) is 5.75 Å². The van der Waals surface area contributed by atoms with Crippen LogP contribution in [0.2, 0.25) is 0 Å². The molecule has 2 amide bonds. The number of benzene rings is 1. The highest BCUT2D eigenvalue weighted by atomic mass is 32.1. The number of hydrogen-bond donors (Lipinski definition) is 2. The number of hydrogen-bond acceptors (Lipinski definition) is 5. The van der Waals surface area contributed by atoms with Gasteiger partial charge in [-0.2, -0.15) is 0 Å². The Labute approximate surface area is 161 Å². The molecular formula is C19H23N4O3S+. The standard InChI is InChI=1S/C19H22N4O3S/c24-17(11-23-15-6-2-3-7-16(15)26-12-18(23)25)21-19-20-14(13-27-19)10-22-8-4-1-5-9-22/h2-3,6-7,13H,1,4-5,8-12H2,(H,20,21,24)/p+1. The lowest BCUT2D eigenvalue weighted by atomic mass is 10.1. The number of quaternary nitrogens is 1. The van der Waals surface area contributed by atoms with Crippen molar-refractivity contribution in [2.45, 2.75) is 25.8 Å². The van der Waals surface area contributed by atoms with Gasteiger partial charge >= 0.3 is 0 Å². The highest BCUT2D eigenvalue weighted by Crippen LogP contribution is 2.31. The fourth-order valence-electron chi connectivity index (χ4n) is 3.56. The minimum absolute atomic E-state index is 0.0501. The number of carbonyl (C=O) groups excluding carboxylic acids is 2. The second kappa shape index (κ2) is 8.06. The van der Waals surface area contributed by atoms with Gasteiger partial charge in [0.25, 0.3) is 5.91 Å². The lowest BCUT2D eigenvalue weighted by molar-refractivity contribution is -0.918. The number of nitrogens with one attached hydrogen (secondary N) is 2. The summed E-state index contributed by atoms with van der Waals surface area (Å²) in [6.45, 7) is 3.19. The number of aromatic nitrogens is 1. The number of likely N-dealkylation sites (tertiary alicyclic amines) is 1. The Morgan fingerprint density at radius 1 is 1.26 bits per heavy atom. The Bertz CT molecular complexity index is 832. The molecular weight excluding hydrogens is 364 g/mol. The third-order valence-corrected chi connectivity index (χ3v) is 5.71. The van der Waals surface area contributed by atoms with Crippen LogP contribution in [0.3, 0.4) is 0 Å². The van der Waals surface area contributed by atoms with E-state index in [4.69, 9.17) is 4.74 Å². The first-order chi connectivity index (χ1) is 13.2. The van der Waals surface area contributed by atoms with Crippen LogP contribution in [0, 0.1) is 0 Å². The molecule has 2 aromatic rings. The number of nitrogens with zero attached hydrogens (tertiary/aromatic N) is 2. The van der Waals surface area contributed by atoms with E-state index in [0.717, 1.165) is 12.2 Å². The molecule has 7 nitrogen and oxygen atoms in total. The van der Waals surface area contributed by atoms with Crippen molar-refractivity contribution < 1.29 is 19.2 Å². The van der Waals surface area contributed by atoms with Crippen molar-refractivity contribution in [1.29, 1.82) is 0 Å². The molecule has 27 heavy (non-hydrogen) atoms. The third-order valence-electron chi connectivity index (χ3n) is 4.90. The molecule has 2 aliphatic heterocycles. The zero-order chi connectivity index (χ0) is 18.6. The maximum Gasteiger partial charge on any atom is 0.265 e. The summed E-state index contributed by atoms with van der Waals surface area (Å²) in [5, 5.41) is 5.41. The molecule has 4 rings (SSSR count). The summed E-state index contributed by atoms with van der Waals surface area (Å²) in [5.41, 5.74) is 1.64. The van der Waals surface area contributed by atoms with Crippen molar-refractivity contribution in [2.24, 2.45) is 0 Å². The van der Waals surface area contributed by atoms with Gasteiger partial charge in [-0.05, 0) is 31.4 Å². The molecule has 1 aromatic carbocycles. The second-order valence-corrected chi connectivity index (χ2v) is 7.77. The van der Waals surface area contributed by atoms with Gasteiger partial charge in [0.05, 0.1) is 18.8 Å². The highest BCUT2D eigenvalue weighted by molar-refractivity contribution is 7.13. The number of thiazole rings is 1. The number of carbonyl (C=O) groups is 2. The van der Waals surface area contributed by atoms with Crippen molar-refractivity contribution in [2.75, 3.05) is 36.5 Å². The van der Waals surface area contributed by atoms with E-state index in [9.17, 15) is 9.59 Å². The monoisotopic (exact) mass is 387 g/mol. The van der Waals surface area contributed by atoms with E-state index in [1.807, 2.05) is 17.5 Å². The molecule has 0 atom stereocenters. The predicted molar refractivity (Wildman–Crippen MR) is 103 cm³/mol. The van der Waals surface area contributed by atoms with Gasteiger partial charge in [-0.3, -0.25) is 14.5 Å². The summed E-state index contributed by atoms with van der Waals surface area (Å²) in [5.74, 6) is 0.134. The lowest BCUT2D eigenvalue weighted by Gasteiger charge is -2.28. The first-order valence-corrected chi connectivity index (χ1v) is 10.2. The van der Waals surface area contributed by atoms with Crippen LogP contribution in [0.25, 0.3) is 0 Å². The van der Waals surface area contributed by atoms with E-state index in [1.165, 1.54) is 48.6 Å². The molecule has 1 aromatic heterocycles. The van der Waals surface area contributed by atoms with E-state index in [1.54, 1.807) is 17.0 Å². The fourth-order valence-corrected chi connectivity index (χ4v) is 4.29. The summed E-state index contributed by atoms with van der Waals surface area (Å²) < 4.78 is 5.41. The van der Waals surface area contributed by atoms with Gasteiger partial charge in [-0.15, -0.1) is 11.3 Å². The Hall–Kier alpha value is -2.45. The molecule has 0 radical (unpaired) electrons. The van der Waals surface area contributed by atoms with Gasteiger partial charge in [-0.1, -0.05) is 12.1 Å². The van der Waals surface area contributed by atoms with Crippen molar-refractivity contribution >= 4 is 34.0 Å². The molecule has 1 saturated heterocycles. The van der Waals surface area contributed by atoms with E-state index >= 15 is 0 Å². The second-order valence-electron chi connectivity index (χ2n) is 6.92. The van der Waals surface area contributed by atoms with E-state index in [-0.39, 0.29) is 25.0 Å². The fraction of sp³-hybridized carbons (Fsp3) is 0.421. The van der Waals surface area contributed by atoms with Crippen LogP contribution < -0.4 is 19.9 Å². The van der Waals surface area contributed by atoms with Crippen LogP contribution in [0.15, 0.2) is 29.6 Å². The van der Waals surface area contributed by atoms with E-state index in [0.29, 0.717) is 16.6 Å². The number of amides is 2. The smallest absolute Gasteiger partial charge is 0.265 e. The van der Waals surface area contributed by atoms with Gasteiger partial charge in [0.2, 0.25) is 5.91 Å². The number of piperidine rings is 1. The minimum atomic E-state index is -0.258. The molecule has 1 fully saturated rings. The van der Waals surface area contributed by atoms with E-state index in [2.05, 4.69) is 10.3 Å². The normalized spacial score (nSPS) is 17.3. The van der Waals surface area contributed by atoms with Crippen LogP contribution in [0.1, 0.15) is 25.0 Å². The molecule has 0 spiro atoms. The largest absolute Gasteiger partial charge is 0.482 e. The first-order valence-electron chi connectivity index (χ1n) is 9.29.